The number of carbonyl (C=O) groups is 3. The van der Waals surface area contributed by atoms with Crippen molar-refractivity contribution in [1.82, 2.24) is 14.7 Å². The van der Waals surface area contributed by atoms with Crippen molar-refractivity contribution in [2.24, 2.45) is 0 Å². The van der Waals surface area contributed by atoms with E-state index in [1.165, 1.54) is 11.6 Å². The molecule has 1 saturated carbocycles. The second-order valence-corrected chi connectivity index (χ2v) is 16.8. The zero-order chi connectivity index (χ0) is 23.6. The van der Waals surface area contributed by atoms with Crippen LogP contribution in [0.2, 0.25) is 24.7 Å². The highest BCUT2D eigenvalue weighted by Gasteiger charge is 2.54. The van der Waals surface area contributed by atoms with Gasteiger partial charge in [0, 0.05) is 17.5 Å². The summed E-state index contributed by atoms with van der Waals surface area (Å²) < 4.78 is 6.86. The molecule has 9 heteroatoms. The zero-order valence-corrected chi connectivity index (χ0v) is 21.3. The van der Waals surface area contributed by atoms with Crippen LogP contribution in [0.5, 0.6) is 0 Å². The maximum absolute atomic E-state index is 13.5. The fourth-order valence-corrected chi connectivity index (χ4v) is 7.21. The first-order valence-electron chi connectivity index (χ1n) is 11.0. The minimum atomic E-state index is -1.79. The van der Waals surface area contributed by atoms with Gasteiger partial charge >= 0.3 is 6.09 Å². The molecule has 1 aromatic rings. The third-order valence-corrected chi connectivity index (χ3v) is 10.4. The molecule has 0 aromatic carbocycles. The van der Waals surface area contributed by atoms with Crippen LogP contribution in [-0.2, 0) is 21.6 Å². The van der Waals surface area contributed by atoms with Crippen molar-refractivity contribution in [3.8, 4) is 0 Å². The molecule has 0 bridgehead atoms. The van der Waals surface area contributed by atoms with Gasteiger partial charge in [-0.05, 0) is 47.5 Å². The summed E-state index contributed by atoms with van der Waals surface area (Å²) >= 11 is 0. The van der Waals surface area contributed by atoms with E-state index in [9.17, 15) is 14.4 Å². The van der Waals surface area contributed by atoms with E-state index in [2.05, 4.69) is 30.1 Å². The van der Waals surface area contributed by atoms with Crippen LogP contribution >= 0.6 is 0 Å². The Morgan fingerprint density at radius 2 is 1.71 bits per heavy atom. The van der Waals surface area contributed by atoms with E-state index < -0.39 is 25.3 Å². The van der Waals surface area contributed by atoms with Gasteiger partial charge in [-0.2, -0.15) is 9.78 Å². The normalized spacial score (nSPS) is 19.5. The van der Waals surface area contributed by atoms with E-state index in [1.807, 2.05) is 34.6 Å². The number of hydrogen-bond donors (Lipinski definition) is 1. The number of anilines is 1. The average Bonchev–Trinajstić information content (AvgIpc) is 2.98. The predicted molar refractivity (Wildman–Crippen MR) is 122 cm³/mol. The third kappa shape index (κ3) is 3.81. The van der Waals surface area contributed by atoms with Crippen molar-refractivity contribution in [3.63, 3.8) is 0 Å². The standard InChI is InChI=1S/C22H36N4O4Si/c1-14(27)26-17(23-18(28)22(11-10-12-22)31(7,8)9)15-13-25(19(29)30-20(2,3)4)21(5,6)16(15)24-26/h10-13H2,1-9H3,(H,23,28). The number of carbonyl (C=O) groups excluding carboxylic acids is 3. The quantitative estimate of drug-likeness (QED) is 0.675. The Bertz CT molecular complexity index is 933. The van der Waals surface area contributed by atoms with Gasteiger partial charge < -0.3 is 10.1 Å². The first kappa shape index (κ1) is 23.5. The van der Waals surface area contributed by atoms with Crippen molar-refractivity contribution in [3.05, 3.63) is 11.3 Å². The number of nitrogens with one attached hydrogen (secondary N) is 1. The Hall–Kier alpha value is -2.16. The molecule has 1 aromatic heterocycles. The van der Waals surface area contributed by atoms with Gasteiger partial charge in [-0.1, -0.05) is 26.1 Å². The van der Waals surface area contributed by atoms with Crippen molar-refractivity contribution in [1.29, 1.82) is 0 Å². The van der Waals surface area contributed by atoms with Gasteiger partial charge in [0.2, 0.25) is 11.8 Å². The molecule has 1 fully saturated rings. The summed E-state index contributed by atoms with van der Waals surface area (Å²) in [4.78, 5) is 40.3. The van der Waals surface area contributed by atoms with Crippen LogP contribution in [-0.4, -0.2) is 46.3 Å². The average molecular weight is 449 g/mol. The molecule has 1 aliphatic carbocycles. The molecule has 0 atom stereocenters. The van der Waals surface area contributed by atoms with Crippen LogP contribution in [0.15, 0.2) is 0 Å². The van der Waals surface area contributed by atoms with E-state index in [1.54, 1.807) is 4.90 Å². The van der Waals surface area contributed by atoms with Gasteiger partial charge in [-0.15, -0.1) is 0 Å². The fourth-order valence-electron chi connectivity index (χ4n) is 4.62. The number of ether oxygens (including phenoxy) is 1. The molecule has 8 nitrogen and oxygen atoms in total. The van der Waals surface area contributed by atoms with Crippen LogP contribution in [0, 0.1) is 0 Å². The lowest BCUT2D eigenvalue weighted by atomic mass is 9.83. The molecule has 2 heterocycles. The maximum Gasteiger partial charge on any atom is 0.411 e. The van der Waals surface area contributed by atoms with Crippen molar-refractivity contribution in [2.75, 3.05) is 5.32 Å². The largest absolute Gasteiger partial charge is 0.444 e. The van der Waals surface area contributed by atoms with Gasteiger partial charge in [0.1, 0.15) is 11.4 Å². The smallest absolute Gasteiger partial charge is 0.411 e. The summed E-state index contributed by atoms with van der Waals surface area (Å²) in [5.74, 6) is 0.0766. The fraction of sp³-hybridized carbons (Fsp3) is 0.727. The molecule has 0 radical (unpaired) electrons. The number of nitrogens with zero attached hydrogens (tertiary/aromatic N) is 3. The van der Waals surface area contributed by atoms with Gasteiger partial charge in [0.25, 0.3) is 0 Å². The third-order valence-electron chi connectivity index (χ3n) is 6.78. The minimum Gasteiger partial charge on any atom is -0.444 e. The summed E-state index contributed by atoms with van der Waals surface area (Å²) in [6.07, 6.45) is 2.35. The molecule has 31 heavy (non-hydrogen) atoms. The van der Waals surface area contributed by atoms with Gasteiger partial charge in [0.15, 0.2) is 0 Å². The molecule has 0 unspecified atom stereocenters. The highest BCUT2D eigenvalue weighted by Crippen LogP contribution is 2.56. The summed E-state index contributed by atoms with van der Waals surface area (Å²) in [5, 5.41) is 7.25. The van der Waals surface area contributed by atoms with Gasteiger partial charge in [-0.3, -0.25) is 14.5 Å². The lowest BCUT2D eigenvalue weighted by molar-refractivity contribution is -0.121. The summed E-state index contributed by atoms with van der Waals surface area (Å²) in [6, 6.07) is 0. The molecule has 1 N–H and O–H groups in total. The first-order valence-corrected chi connectivity index (χ1v) is 14.5. The molecule has 2 aliphatic rings. The molecular formula is C22H36N4O4Si. The van der Waals surface area contributed by atoms with Crippen LogP contribution in [0.1, 0.15) is 76.9 Å². The second kappa shape index (κ2) is 7.18. The van der Waals surface area contributed by atoms with E-state index >= 15 is 0 Å². The highest BCUT2D eigenvalue weighted by molar-refractivity contribution is 6.83. The molecule has 2 amide bonds. The Morgan fingerprint density at radius 3 is 2.13 bits per heavy atom. The van der Waals surface area contributed by atoms with Crippen LogP contribution in [0.4, 0.5) is 10.6 Å². The highest BCUT2D eigenvalue weighted by atomic mass is 28.3. The molecule has 3 rings (SSSR count). The topological polar surface area (TPSA) is 93.5 Å². The lowest BCUT2D eigenvalue weighted by Crippen LogP contribution is -2.52. The number of aromatic nitrogens is 2. The first-order chi connectivity index (χ1) is 14.0. The Kier molecular flexibility index (Phi) is 5.44. The van der Waals surface area contributed by atoms with Crippen LogP contribution in [0.25, 0.3) is 0 Å². The van der Waals surface area contributed by atoms with Crippen molar-refractivity contribution in [2.45, 2.75) is 103 Å². The van der Waals surface area contributed by atoms with Gasteiger partial charge in [0.05, 0.1) is 25.9 Å². The summed E-state index contributed by atoms with van der Waals surface area (Å²) in [6.45, 7) is 17.5. The monoisotopic (exact) mass is 448 g/mol. The number of amides is 2. The maximum atomic E-state index is 13.5. The minimum absolute atomic E-state index is 0.0309. The molecule has 0 saturated heterocycles. The van der Waals surface area contributed by atoms with Crippen LogP contribution < -0.4 is 5.32 Å². The van der Waals surface area contributed by atoms with Gasteiger partial charge in [-0.25, -0.2) is 4.79 Å². The Balaban J connectivity index is 1.99. The van der Waals surface area contributed by atoms with E-state index in [0.29, 0.717) is 17.1 Å². The van der Waals surface area contributed by atoms with Crippen molar-refractivity contribution >= 4 is 31.8 Å². The molecule has 0 spiro atoms. The number of rotatable bonds is 3. The predicted octanol–water partition coefficient (Wildman–Crippen LogP) is 4.73. The lowest BCUT2D eigenvalue weighted by Gasteiger charge is -2.48. The Morgan fingerprint density at radius 1 is 1.13 bits per heavy atom. The van der Waals surface area contributed by atoms with Crippen molar-refractivity contribution < 1.29 is 19.1 Å². The molecule has 1 aliphatic heterocycles. The number of fused-ring (bicyclic) bond motifs is 1. The number of hydrogen-bond acceptors (Lipinski definition) is 5. The van der Waals surface area contributed by atoms with E-state index in [-0.39, 0.29) is 23.4 Å². The zero-order valence-electron chi connectivity index (χ0n) is 20.3. The summed E-state index contributed by atoms with van der Waals surface area (Å²) in [7, 11) is -1.79. The molecular weight excluding hydrogens is 412 g/mol. The Labute approximate surface area is 185 Å². The summed E-state index contributed by atoms with van der Waals surface area (Å²) in [5.41, 5.74) is -0.0913. The van der Waals surface area contributed by atoms with E-state index in [4.69, 9.17) is 4.74 Å². The van der Waals surface area contributed by atoms with Crippen LogP contribution in [0.3, 0.4) is 0 Å². The second-order valence-electron chi connectivity index (χ2n) is 11.4. The molecule has 172 valence electrons. The SMILES string of the molecule is CC(=O)n1nc2c(c1NC(=O)C1([Si](C)(C)C)CCC1)CN(C(=O)OC(C)(C)C)C2(C)C. The van der Waals surface area contributed by atoms with E-state index in [0.717, 1.165) is 19.3 Å².